The van der Waals surface area contributed by atoms with Gasteiger partial charge in [-0.05, 0) is 0 Å². The lowest BCUT2D eigenvalue weighted by Crippen LogP contribution is -2.40. The van der Waals surface area contributed by atoms with Gasteiger partial charge in [0.05, 0.1) is 6.61 Å². The third-order valence-corrected chi connectivity index (χ3v) is 2.07. The van der Waals surface area contributed by atoms with Crippen molar-refractivity contribution in [3.63, 3.8) is 0 Å². The summed E-state index contributed by atoms with van der Waals surface area (Å²) in [6, 6.07) is 0. The minimum Gasteiger partial charge on any atom is -0.455 e. The van der Waals surface area contributed by atoms with Gasteiger partial charge in [-0.1, -0.05) is 0 Å². The van der Waals surface area contributed by atoms with E-state index in [2.05, 4.69) is 0 Å². The van der Waals surface area contributed by atoms with Crippen LogP contribution in [0, 0.1) is 0 Å². The molecule has 0 aromatic carbocycles. The maximum atomic E-state index is 10.8. The van der Waals surface area contributed by atoms with Crippen molar-refractivity contribution in [1.29, 1.82) is 0 Å². The van der Waals surface area contributed by atoms with Crippen LogP contribution in [-0.2, 0) is 23.8 Å². The second kappa shape index (κ2) is 5.24. The number of rotatable bonds is 3. The van der Waals surface area contributed by atoms with Gasteiger partial charge < -0.3 is 24.4 Å². The first-order valence-corrected chi connectivity index (χ1v) is 4.74. The zero-order chi connectivity index (χ0) is 12.3. The van der Waals surface area contributed by atoms with E-state index in [9.17, 15) is 14.7 Å². The third kappa shape index (κ3) is 2.91. The molecule has 1 saturated heterocycles. The fourth-order valence-corrected chi connectivity index (χ4v) is 1.51. The van der Waals surface area contributed by atoms with E-state index in [4.69, 9.17) is 19.3 Å². The number of hydrogen-bond acceptors (Lipinski definition) is 7. The minimum absolute atomic E-state index is 0.452. The largest absolute Gasteiger partial charge is 0.455 e. The van der Waals surface area contributed by atoms with Crippen molar-refractivity contribution in [3.8, 4) is 0 Å². The van der Waals surface area contributed by atoms with Gasteiger partial charge in [0.25, 0.3) is 0 Å². The van der Waals surface area contributed by atoms with Gasteiger partial charge in [0.15, 0.2) is 18.5 Å². The molecule has 2 N–H and O–H groups in total. The molecular weight excluding hydrogens is 220 g/mol. The van der Waals surface area contributed by atoms with E-state index in [1.807, 2.05) is 0 Å². The molecule has 0 aromatic rings. The highest BCUT2D eigenvalue weighted by Crippen LogP contribution is 2.25. The van der Waals surface area contributed by atoms with Crippen LogP contribution in [0.3, 0.4) is 0 Å². The van der Waals surface area contributed by atoms with E-state index in [1.165, 1.54) is 6.92 Å². The van der Waals surface area contributed by atoms with Crippen LogP contribution >= 0.6 is 0 Å². The van der Waals surface area contributed by atoms with Gasteiger partial charge in [0.1, 0.15) is 6.10 Å². The Labute approximate surface area is 91.9 Å². The lowest BCUT2D eigenvalue weighted by atomic mass is 10.1. The Balaban J connectivity index is 2.76. The standard InChI is InChI=1S/C9H14O7/c1-4(11)14-7-6(3-10)16-9(13)8(7)15-5(2)12/h6-10,13H,3H2,1-2H3/t6-,7-,8-,9-/m1/s1. The molecule has 0 spiro atoms. The van der Waals surface area contributed by atoms with Crippen molar-refractivity contribution in [2.24, 2.45) is 0 Å². The van der Waals surface area contributed by atoms with Crippen LogP contribution in [0.4, 0.5) is 0 Å². The molecule has 1 aliphatic heterocycles. The van der Waals surface area contributed by atoms with Gasteiger partial charge in [-0.2, -0.15) is 0 Å². The molecule has 1 fully saturated rings. The maximum Gasteiger partial charge on any atom is 0.303 e. The Bertz CT molecular complexity index is 277. The predicted octanol–water partition coefficient (Wildman–Crippen LogP) is -1.44. The molecule has 1 heterocycles. The fourth-order valence-electron chi connectivity index (χ4n) is 1.51. The molecule has 7 heteroatoms. The highest BCUT2D eigenvalue weighted by Gasteiger charge is 2.48. The van der Waals surface area contributed by atoms with E-state index < -0.39 is 43.1 Å². The number of carbonyl (C=O) groups is 2. The molecule has 0 bridgehead atoms. The van der Waals surface area contributed by atoms with Crippen molar-refractivity contribution in [2.45, 2.75) is 38.4 Å². The molecular formula is C9H14O7. The van der Waals surface area contributed by atoms with Gasteiger partial charge in [-0.25, -0.2) is 0 Å². The summed E-state index contributed by atoms with van der Waals surface area (Å²) in [5, 5.41) is 18.4. The van der Waals surface area contributed by atoms with Gasteiger partial charge in [-0.3, -0.25) is 9.59 Å². The summed E-state index contributed by atoms with van der Waals surface area (Å²) in [5.41, 5.74) is 0. The predicted molar refractivity (Wildman–Crippen MR) is 49.1 cm³/mol. The van der Waals surface area contributed by atoms with Crippen molar-refractivity contribution >= 4 is 11.9 Å². The zero-order valence-corrected chi connectivity index (χ0v) is 8.95. The summed E-state index contributed by atoms with van der Waals surface area (Å²) < 4.78 is 14.5. The molecule has 0 aromatic heterocycles. The molecule has 0 unspecified atom stereocenters. The Morgan fingerprint density at radius 2 is 1.69 bits per heavy atom. The summed E-state index contributed by atoms with van der Waals surface area (Å²) in [4.78, 5) is 21.6. The molecule has 0 radical (unpaired) electrons. The van der Waals surface area contributed by atoms with Gasteiger partial charge in [-0.15, -0.1) is 0 Å². The van der Waals surface area contributed by atoms with E-state index in [0.717, 1.165) is 6.92 Å². The van der Waals surface area contributed by atoms with Crippen LogP contribution in [0.5, 0.6) is 0 Å². The van der Waals surface area contributed by atoms with E-state index in [1.54, 1.807) is 0 Å². The van der Waals surface area contributed by atoms with Crippen molar-refractivity contribution < 1.29 is 34.0 Å². The Kier molecular flexibility index (Phi) is 4.22. The number of ether oxygens (including phenoxy) is 3. The number of aliphatic hydroxyl groups is 2. The summed E-state index contributed by atoms with van der Waals surface area (Å²) in [6.45, 7) is 1.88. The summed E-state index contributed by atoms with van der Waals surface area (Å²) in [5.74, 6) is -1.25. The number of aliphatic hydroxyl groups excluding tert-OH is 2. The maximum absolute atomic E-state index is 10.8. The number of carbonyl (C=O) groups excluding carboxylic acids is 2. The van der Waals surface area contributed by atoms with Gasteiger partial charge >= 0.3 is 11.9 Å². The monoisotopic (exact) mass is 234 g/mol. The molecule has 7 nitrogen and oxygen atoms in total. The Morgan fingerprint density at radius 1 is 1.19 bits per heavy atom. The molecule has 92 valence electrons. The quantitative estimate of drug-likeness (QED) is 0.576. The van der Waals surface area contributed by atoms with Crippen molar-refractivity contribution in [2.75, 3.05) is 6.61 Å². The third-order valence-electron chi connectivity index (χ3n) is 2.07. The molecule has 0 saturated carbocycles. The van der Waals surface area contributed by atoms with E-state index >= 15 is 0 Å². The molecule has 4 atom stereocenters. The SMILES string of the molecule is CC(=O)O[C@@H]1[C@H](OC(C)=O)[C@@H](CO)O[C@H]1O. The minimum atomic E-state index is -1.41. The normalized spacial score (nSPS) is 33.5. The Hall–Kier alpha value is -1.18. The molecule has 1 rings (SSSR count). The van der Waals surface area contributed by atoms with Crippen LogP contribution in [0.15, 0.2) is 0 Å². The molecule has 1 aliphatic rings. The van der Waals surface area contributed by atoms with Crippen molar-refractivity contribution in [3.05, 3.63) is 0 Å². The van der Waals surface area contributed by atoms with Gasteiger partial charge in [0.2, 0.25) is 0 Å². The van der Waals surface area contributed by atoms with Crippen LogP contribution in [0.1, 0.15) is 13.8 Å². The smallest absolute Gasteiger partial charge is 0.303 e. The molecule has 16 heavy (non-hydrogen) atoms. The van der Waals surface area contributed by atoms with Crippen LogP contribution < -0.4 is 0 Å². The summed E-state index contributed by atoms with van der Waals surface area (Å²) in [6.07, 6.45) is -4.42. The molecule has 0 amide bonds. The first kappa shape index (κ1) is 12.9. The van der Waals surface area contributed by atoms with E-state index in [-0.39, 0.29) is 0 Å². The topological polar surface area (TPSA) is 102 Å². The van der Waals surface area contributed by atoms with Crippen LogP contribution in [0.2, 0.25) is 0 Å². The zero-order valence-electron chi connectivity index (χ0n) is 8.95. The fraction of sp³-hybridized carbons (Fsp3) is 0.778. The van der Waals surface area contributed by atoms with Crippen LogP contribution in [0.25, 0.3) is 0 Å². The number of esters is 2. The second-order valence-corrected chi connectivity index (χ2v) is 3.40. The van der Waals surface area contributed by atoms with Crippen LogP contribution in [-0.4, -0.2) is 53.4 Å². The lowest BCUT2D eigenvalue weighted by molar-refractivity contribution is -0.174. The lowest BCUT2D eigenvalue weighted by Gasteiger charge is -2.21. The number of hydrogen-bond donors (Lipinski definition) is 2. The summed E-state index contributed by atoms with van der Waals surface area (Å²) >= 11 is 0. The first-order valence-electron chi connectivity index (χ1n) is 4.74. The highest BCUT2D eigenvalue weighted by molar-refractivity contribution is 5.67. The average Bonchev–Trinajstić information content (AvgIpc) is 2.44. The average molecular weight is 234 g/mol. The molecule has 0 aliphatic carbocycles. The van der Waals surface area contributed by atoms with Gasteiger partial charge in [0, 0.05) is 13.8 Å². The second-order valence-electron chi connectivity index (χ2n) is 3.40. The van der Waals surface area contributed by atoms with E-state index in [0.29, 0.717) is 0 Å². The van der Waals surface area contributed by atoms with Crippen molar-refractivity contribution in [1.82, 2.24) is 0 Å². The first-order chi connectivity index (χ1) is 7.45. The highest BCUT2D eigenvalue weighted by atomic mass is 16.7. The summed E-state index contributed by atoms with van der Waals surface area (Å²) in [7, 11) is 0. The Morgan fingerprint density at radius 3 is 2.12 bits per heavy atom.